The zero-order chi connectivity index (χ0) is 17.9. The normalized spacial score (nSPS) is 11.3. The van der Waals surface area contributed by atoms with Crippen LogP contribution >= 0.6 is 15.9 Å². The van der Waals surface area contributed by atoms with Crippen molar-refractivity contribution in [3.8, 4) is 0 Å². The number of hydrogen-bond donors (Lipinski definition) is 0. The van der Waals surface area contributed by atoms with E-state index in [1.54, 1.807) is 30.3 Å². The van der Waals surface area contributed by atoms with Gasteiger partial charge in [0.1, 0.15) is 0 Å². The maximum atomic E-state index is 13.3. The van der Waals surface area contributed by atoms with Crippen molar-refractivity contribution < 1.29 is 8.42 Å². The zero-order valence-electron chi connectivity index (χ0n) is 13.8. The van der Waals surface area contributed by atoms with E-state index >= 15 is 0 Å². The fourth-order valence-electron chi connectivity index (χ4n) is 2.57. The summed E-state index contributed by atoms with van der Waals surface area (Å²) in [4.78, 5) is 0.298. The summed E-state index contributed by atoms with van der Waals surface area (Å²) in [5, 5.41) is 0. The molecule has 25 heavy (non-hydrogen) atoms. The number of aryl methyl sites for hydroxylation is 1. The largest absolute Gasteiger partial charge is 0.264 e. The molecule has 0 N–H and O–H groups in total. The molecule has 3 nitrogen and oxygen atoms in total. The summed E-state index contributed by atoms with van der Waals surface area (Å²) in [5.41, 5.74) is 2.48. The standard InChI is InChI=1S/C20H18BrNO2S/c1-16-6-5-9-20(14-16)25(23,24)22(15-17-7-3-2-4-8-17)19-12-10-18(21)11-13-19/h2-14H,15H2,1H3. The number of hydrogen-bond acceptors (Lipinski definition) is 2. The van der Waals surface area contributed by atoms with Crippen LogP contribution in [0, 0.1) is 6.92 Å². The van der Waals surface area contributed by atoms with Crippen LogP contribution in [-0.2, 0) is 16.6 Å². The first-order valence-electron chi connectivity index (χ1n) is 7.86. The van der Waals surface area contributed by atoms with Gasteiger partial charge in [0.25, 0.3) is 10.0 Å². The highest BCUT2D eigenvalue weighted by Crippen LogP contribution is 2.27. The third kappa shape index (κ3) is 4.11. The molecule has 0 fully saturated rings. The minimum atomic E-state index is -3.67. The van der Waals surface area contributed by atoms with Gasteiger partial charge in [-0.3, -0.25) is 4.31 Å². The van der Waals surface area contributed by atoms with Gasteiger partial charge in [-0.25, -0.2) is 8.42 Å². The number of benzene rings is 3. The Kier molecular flexibility index (Phi) is 5.25. The van der Waals surface area contributed by atoms with Crippen molar-refractivity contribution in [2.24, 2.45) is 0 Å². The summed E-state index contributed by atoms with van der Waals surface area (Å²) >= 11 is 3.40. The van der Waals surface area contributed by atoms with Crippen molar-refractivity contribution in [2.45, 2.75) is 18.4 Å². The van der Waals surface area contributed by atoms with Gasteiger partial charge in [-0.2, -0.15) is 0 Å². The third-order valence-electron chi connectivity index (χ3n) is 3.86. The molecule has 5 heteroatoms. The van der Waals surface area contributed by atoms with Crippen LogP contribution in [0.4, 0.5) is 5.69 Å². The van der Waals surface area contributed by atoms with Crippen LogP contribution in [0.1, 0.15) is 11.1 Å². The Morgan fingerprint density at radius 3 is 2.20 bits per heavy atom. The van der Waals surface area contributed by atoms with Crippen molar-refractivity contribution in [2.75, 3.05) is 4.31 Å². The van der Waals surface area contributed by atoms with Crippen LogP contribution in [0.5, 0.6) is 0 Å². The molecule has 0 aromatic heterocycles. The van der Waals surface area contributed by atoms with Crippen molar-refractivity contribution in [3.05, 3.63) is 94.5 Å². The molecule has 0 atom stereocenters. The molecular weight excluding hydrogens is 398 g/mol. The SMILES string of the molecule is Cc1cccc(S(=O)(=O)N(Cc2ccccc2)c2ccc(Br)cc2)c1. The topological polar surface area (TPSA) is 37.4 Å². The molecule has 128 valence electrons. The molecular formula is C20H18BrNO2S. The number of nitrogens with zero attached hydrogens (tertiary/aromatic N) is 1. The number of rotatable bonds is 5. The van der Waals surface area contributed by atoms with Crippen LogP contribution < -0.4 is 4.31 Å². The van der Waals surface area contributed by atoms with E-state index in [0.29, 0.717) is 10.6 Å². The first-order chi connectivity index (χ1) is 12.0. The second-order valence-electron chi connectivity index (χ2n) is 5.79. The first kappa shape index (κ1) is 17.7. The fourth-order valence-corrected chi connectivity index (χ4v) is 4.40. The molecule has 0 unspecified atom stereocenters. The second-order valence-corrected chi connectivity index (χ2v) is 8.57. The van der Waals surface area contributed by atoms with Crippen LogP contribution in [0.15, 0.2) is 88.2 Å². The van der Waals surface area contributed by atoms with Gasteiger partial charge >= 0.3 is 0 Å². The molecule has 0 radical (unpaired) electrons. The van der Waals surface area contributed by atoms with E-state index in [2.05, 4.69) is 15.9 Å². The average Bonchev–Trinajstić information content (AvgIpc) is 2.61. The molecule has 0 aliphatic rings. The second kappa shape index (κ2) is 7.42. The van der Waals surface area contributed by atoms with Crippen molar-refractivity contribution in [1.29, 1.82) is 0 Å². The molecule has 3 rings (SSSR count). The van der Waals surface area contributed by atoms with E-state index in [1.165, 1.54) is 4.31 Å². The lowest BCUT2D eigenvalue weighted by atomic mass is 10.2. The maximum absolute atomic E-state index is 13.3. The summed E-state index contributed by atoms with van der Waals surface area (Å²) < 4.78 is 28.9. The van der Waals surface area contributed by atoms with E-state index in [0.717, 1.165) is 15.6 Å². The van der Waals surface area contributed by atoms with Crippen LogP contribution in [0.25, 0.3) is 0 Å². The van der Waals surface area contributed by atoms with Gasteiger partial charge in [0, 0.05) is 4.47 Å². The zero-order valence-corrected chi connectivity index (χ0v) is 16.2. The predicted molar refractivity (Wildman–Crippen MR) is 105 cm³/mol. The lowest BCUT2D eigenvalue weighted by Gasteiger charge is -2.25. The monoisotopic (exact) mass is 415 g/mol. The highest BCUT2D eigenvalue weighted by molar-refractivity contribution is 9.10. The van der Waals surface area contributed by atoms with Crippen LogP contribution in [0.2, 0.25) is 0 Å². The minimum absolute atomic E-state index is 0.277. The van der Waals surface area contributed by atoms with Crippen molar-refractivity contribution in [1.82, 2.24) is 0 Å². The third-order valence-corrected chi connectivity index (χ3v) is 6.16. The molecule has 0 saturated heterocycles. The Morgan fingerprint density at radius 1 is 0.880 bits per heavy atom. The van der Waals surface area contributed by atoms with E-state index in [9.17, 15) is 8.42 Å². The summed E-state index contributed by atoms with van der Waals surface area (Å²) in [6.07, 6.45) is 0. The van der Waals surface area contributed by atoms with E-state index < -0.39 is 10.0 Å². The molecule has 0 spiro atoms. The van der Waals surface area contributed by atoms with Gasteiger partial charge in [-0.15, -0.1) is 0 Å². The fraction of sp³-hybridized carbons (Fsp3) is 0.100. The lowest BCUT2D eigenvalue weighted by molar-refractivity contribution is 0.590. The number of halogens is 1. The smallest absolute Gasteiger partial charge is 0.262 e. The van der Waals surface area contributed by atoms with Gasteiger partial charge in [0.05, 0.1) is 17.1 Å². The Bertz CT molecular complexity index is 955. The van der Waals surface area contributed by atoms with Gasteiger partial charge in [-0.05, 0) is 54.4 Å². The molecule has 0 aliphatic heterocycles. The van der Waals surface area contributed by atoms with E-state index in [-0.39, 0.29) is 6.54 Å². The quantitative estimate of drug-likeness (QED) is 0.577. The minimum Gasteiger partial charge on any atom is -0.262 e. The molecule has 3 aromatic carbocycles. The predicted octanol–water partition coefficient (Wildman–Crippen LogP) is 5.15. The van der Waals surface area contributed by atoms with Crippen LogP contribution in [0.3, 0.4) is 0 Å². The summed E-state index contributed by atoms with van der Waals surface area (Å²) in [7, 11) is -3.67. The van der Waals surface area contributed by atoms with E-state index in [4.69, 9.17) is 0 Å². The highest BCUT2D eigenvalue weighted by atomic mass is 79.9. The Labute approximate surface area is 157 Å². The summed E-state index contributed by atoms with van der Waals surface area (Å²) in [6, 6.07) is 23.9. The van der Waals surface area contributed by atoms with Gasteiger partial charge in [0.15, 0.2) is 0 Å². The highest BCUT2D eigenvalue weighted by Gasteiger charge is 2.25. The molecule has 0 amide bonds. The summed E-state index contributed by atoms with van der Waals surface area (Å²) in [5.74, 6) is 0. The Morgan fingerprint density at radius 2 is 1.56 bits per heavy atom. The van der Waals surface area contributed by atoms with Gasteiger partial charge in [0.2, 0.25) is 0 Å². The summed E-state index contributed by atoms with van der Waals surface area (Å²) in [6.45, 7) is 2.17. The number of anilines is 1. The molecule has 0 bridgehead atoms. The molecule has 0 saturated carbocycles. The average molecular weight is 416 g/mol. The first-order valence-corrected chi connectivity index (χ1v) is 10.1. The van der Waals surface area contributed by atoms with Crippen molar-refractivity contribution in [3.63, 3.8) is 0 Å². The van der Waals surface area contributed by atoms with Crippen molar-refractivity contribution >= 4 is 31.6 Å². The maximum Gasteiger partial charge on any atom is 0.264 e. The van der Waals surface area contributed by atoms with Gasteiger partial charge in [-0.1, -0.05) is 58.4 Å². The lowest BCUT2D eigenvalue weighted by Crippen LogP contribution is -2.30. The molecule has 0 heterocycles. The number of sulfonamides is 1. The Balaban J connectivity index is 2.08. The molecule has 3 aromatic rings. The van der Waals surface area contributed by atoms with E-state index in [1.807, 2.05) is 55.5 Å². The van der Waals surface area contributed by atoms with Crippen LogP contribution in [-0.4, -0.2) is 8.42 Å². The molecule has 0 aliphatic carbocycles. The van der Waals surface area contributed by atoms with Gasteiger partial charge < -0.3 is 0 Å². The Hall–Kier alpha value is -2.11.